The third kappa shape index (κ3) is 2.59. The number of hydrogen-bond donors (Lipinski definition) is 0. The molecule has 0 amide bonds. The molecular weight excluding hydrogens is 312 g/mol. The Morgan fingerprint density at radius 2 is 2.00 bits per heavy atom. The molecule has 0 unspecified atom stereocenters. The summed E-state index contributed by atoms with van der Waals surface area (Å²) >= 11 is 7.45. The molecule has 0 aliphatic carbocycles. The molecule has 2 aliphatic heterocycles. The Labute approximate surface area is 140 Å². The van der Waals surface area contributed by atoms with Crippen LogP contribution in [0.2, 0.25) is 0 Å². The molecule has 1 aromatic heterocycles. The molecule has 0 atom stereocenters. The van der Waals surface area contributed by atoms with Gasteiger partial charge in [0.25, 0.3) is 0 Å². The highest BCUT2D eigenvalue weighted by Crippen LogP contribution is 2.31. The molecule has 2 aromatic rings. The minimum absolute atomic E-state index is 0.933. The second-order valence-electron chi connectivity index (χ2n) is 6.13. The molecule has 0 radical (unpaired) electrons. The molecule has 2 saturated heterocycles. The maximum absolute atomic E-state index is 5.70. The van der Waals surface area contributed by atoms with E-state index < -0.39 is 0 Å². The Balaban J connectivity index is 1.53. The second-order valence-corrected chi connectivity index (χ2v) is 7.51. The molecule has 22 heavy (non-hydrogen) atoms. The van der Waals surface area contributed by atoms with Crippen molar-refractivity contribution in [3.63, 3.8) is 0 Å². The van der Waals surface area contributed by atoms with Gasteiger partial charge in [-0.25, -0.2) is 4.98 Å². The minimum Gasteiger partial charge on any atom is -0.334 e. The van der Waals surface area contributed by atoms with Crippen molar-refractivity contribution in [2.45, 2.75) is 19.8 Å². The van der Waals surface area contributed by atoms with Gasteiger partial charge in [0.1, 0.15) is 0 Å². The van der Waals surface area contributed by atoms with Crippen LogP contribution in [0.25, 0.3) is 10.2 Å². The van der Waals surface area contributed by atoms with Gasteiger partial charge in [0.2, 0.25) is 0 Å². The van der Waals surface area contributed by atoms with Crippen molar-refractivity contribution < 1.29 is 0 Å². The molecule has 6 heteroatoms. The molecular formula is C16H20N4S2. The molecule has 0 bridgehead atoms. The van der Waals surface area contributed by atoms with E-state index in [0.717, 1.165) is 35.5 Å². The van der Waals surface area contributed by atoms with Gasteiger partial charge in [-0.2, -0.15) is 0 Å². The molecule has 0 spiro atoms. The summed E-state index contributed by atoms with van der Waals surface area (Å²) < 4.78 is 1.25. The van der Waals surface area contributed by atoms with E-state index in [0.29, 0.717) is 0 Å². The minimum atomic E-state index is 0.933. The van der Waals surface area contributed by atoms with E-state index >= 15 is 0 Å². The Bertz CT molecular complexity index is 705. The summed E-state index contributed by atoms with van der Waals surface area (Å²) in [5.41, 5.74) is 2.36. The van der Waals surface area contributed by atoms with Crippen molar-refractivity contribution in [1.29, 1.82) is 0 Å². The van der Waals surface area contributed by atoms with Gasteiger partial charge in [0, 0.05) is 13.1 Å². The number of rotatable bonds is 3. The lowest BCUT2D eigenvalue weighted by molar-refractivity contribution is 0.236. The molecule has 1 aromatic carbocycles. The summed E-state index contributed by atoms with van der Waals surface area (Å²) in [6, 6.07) is 6.43. The molecule has 4 nitrogen and oxygen atoms in total. The van der Waals surface area contributed by atoms with Crippen LogP contribution in [0.3, 0.4) is 0 Å². The van der Waals surface area contributed by atoms with E-state index in [-0.39, 0.29) is 0 Å². The topological polar surface area (TPSA) is 22.6 Å². The van der Waals surface area contributed by atoms with Crippen molar-refractivity contribution >= 4 is 44.0 Å². The quantitative estimate of drug-likeness (QED) is 0.804. The summed E-state index contributed by atoms with van der Waals surface area (Å²) in [6.45, 7) is 7.46. The highest BCUT2D eigenvalue weighted by Gasteiger charge is 2.29. The second kappa shape index (κ2) is 5.76. The zero-order valence-electron chi connectivity index (χ0n) is 12.8. The molecule has 116 valence electrons. The number of fused-ring (bicyclic) bond motifs is 1. The number of nitrogens with zero attached hydrogens (tertiary/aromatic N) is 4. The van der Waals surface area contributed by atoms with Gasteiger partial charge in [0.05, 0.1) is 16.9 Å². The monoisotopic (exact) mass is 332 g/mol. The smallest absolute Gasteiger partial charge is 0.192 e. The summed E-state index contributed by atoms with van der Waals surface area (Å²) in [5.74, 6) is 0. The standard InChI is InChI=1S/C16H20N4S2/c1-12-4-5-13-14(10-12)22-15(17-13)20-9-8-19(16(20)21)11-18-6-2-3-7-18/h4-5,10H,2-3,6-9,11H2,1H3. The van der Waals surface area contributed by atoms with Crippen LogP contribution in [0.5, 0.6) is 0 Å². The number of likely N-dealkylation sites (tertiary alicyclic amines) is 1. The van der Waals surface area contributed by atoms with Crippen LogP contribution in [0.15, 0.2) is 18.2 Å². The first-order valence-corrected chi connectivity index (χ1v) is 9.09. The predicted octanol–water partition coefficient (Wildman–Crippen LogP) is 3.06. The van der Waals surface area contributed by atoms with E-state index in [1.54, 1.807) is 11.3 Å². The molecule has 3 heterocycles. The average molecular weight is 332 g/mol. The van der Waals surface area contributed by atoms with Crippen molar-refractivity contribution in [3.8, 4) is 0 Å². The summed E-state index contributed by atoms with van der Waals surface area (Å²) in [4.78, 5) is 11.8. The Morgan fingerprint density at radius 1 is 1.18 bits per heavy atom. The van der Waals surface area contributed by atoms with Gasteiger partial charge in [-0.1, -0.05) is 17.4 Å². The van der Waals surface area contributed by atoms with Gasteiger partial charge in [-0.05, 0) is 62.8 Å². The van der Waals surface area contributed by atoms with Crippen LogP contribution < -0.4 is 4.90 Å². The highest BCUT2D eigenvalue weighted by atomic mass is 32.1. The number of hydrogen-bond acceptors (Lipinski definition) is 4. The molecule has 0 saturated carbocycles. The van der Waals surface area contributed by atoms with E-state index in [9.17, 15) is 0 Å². The van der Waals surface area contributed by atoms with Crippen molar-refractivity contribution in [2.24, 2.45) is 0 Å². The number of thiocarbonyl (C=S) groups is 1. The summed E-state index contributed by atoms with van der Waals surface area (Å²) in [6.07, 6.45) is 2.64. The van der Waals surface area contributed by atoms with Gasteiger partial charge in [-0.15, -0.1) is 0 Å². The van der Waals surface area contributed by atoms with Gasteiger partial charge >= 0.3 is 0 Å². The number of aryl methyl sites for hydroxylation is 1. The Kier molecular flexibility index (Phi) is 3.76. The molecule has 2 fully saturated rings. The lowest BCUT2D eigenvalue weighted by Crippen LogP contribution is -2.39. The first-order chi connectivity index (χ1) is 10.7. The lowest BCUT2D eigenvalue weighted by Gasteiger charge is -2.25. The maximum atomic E-state index is 5.70. The molecule has 0 N–H and O–H groups in total. The lowest BCUT2D eigenvalue weighted by atomic mass is 10.2. The summed E-state index contributed by atoms with van der Waals surface area (Å²) in [5, 5.41) is 1.97. The fourth-order valence-corrected chi connectivity index (χ4v) is 4.67. The normalized spacial score (nSPS) is 19.8. The van der Waals surface area contributed by atoms with Crippen LogP contribution >= 0.6 is 23.6 Å². The van der Waals surface area contributed by atoms with Crippen LogP contribution in [-0.2, 0) is 0 Å². The predicted molar refractivity (Wildman–Crippen MR) is 96.7 cm³/mol. The SMILES string of the molecule is Cc1ccc2nc(N3CCN(CN4CCCC4)C3=S)sc2c1. The van der Waals surface area contributed by atoms with E-state index in [1.807, 2.05) is 0 Å². The first kappa shape index (κ1) is 14.4. The number of aromatic nitrogens is 1. The zero-order chi connectivity index (χ0) is 15.1. The fraction of sp³-hybridized carbons (Fsp3) is 0.500. The number of thiazole rings is 1. The van der Waals surface area contributed by atoms with Crippen LogP contribution in [-0.4, -0.2) is 52.7 Å². The molecule has 4 rings (SSSR count). The van der Waals surface area contributed by atoms with E-state index in [1.165, 1.54) is 36.2 Å². The Morgan fingerprint density at radius 3 is 2.82 bits per heavy atom. The number of benzene rings is 1. The van der Waals surface area contributed by atoms with Crippen molar-refractivity contribution in [2.75, 3.05) is 37.7 Å². The van der Waals surface area contributed by atoms with Crippen LogP contribution in [0.4, 0.5) is 5.13 Å². The average Bonchev–Trinajstić information content (AvgIpc) is 3.20. The molecule has 2 aliphatic rings. The van der Waals surface area contributed by atoms with Gasteiger partial charge in [0.15, 0.2) is 10.2 Å². The van der Waals surface area contributed by atoms with Gasteiger partial charge < -0.3 is 4.90 Å². The zero-order valence-corrected chi connectivity index (χ0v) is 14.4. The third-order valence-corrected chi connectivity index (χ3v) is 5.95. The number of anilines is 1. The van der Waals surface area contributed by atoms with Crippen LogP contribution in [0, 0.1) is 6.92 Å². The van der Waals surface area contributed by atoms with Crippen LogP contribution in [0.1, 0.15) is 18.4 Å². The maximum Gasteiger partial charge on any atom is 0.192 e. The van der Waals surface area contributed by atoms with Crippen molar-refractivity contribution in [3.05, 3.63) is 23.8 Å². The largest absolute Gasteiger partial charge is 0.334 e. The van der Waals surface area contributed by atoms with E-state index in [2.05, 4.69) is 39.8 Å². The fourth-order valence-electron chi connectivity index (χ4n) is 3.19. The van der Waals surface area contributed by atoms with Gasteiger partial charge in [-0.3, -0.25) is 9.80 Å². The van der Waals surface area contributed by atoms with E-state index in [4.69, 9.17) is 17.2 Å². The van der Waals surface area contributed by atoms with Crippen molar-refractivity contribution in [1.82, 2.24) is 14.8 Å². The third-order valence-electron chi connectivity index (χ3n) is 4.43. The Hall–Kier alpha value is -1.24. The summed E-state index contributed by atoms with van der Waals surface area (Å²) in [7, 11) is 0. The first-order valence-electron chi connectivity index (χ1n) is 7.87. The highest BCUT2D eigenvalue weighted by molar-refractivity contribution is 7.80.